The van der Waals surface area contributed by atoms with E-state index in [-0.39, 0.29) is 19.1 Å². The van der Waals surface area contributed by atoms with Crippen molar-refractivity contribution in [2.75, 3.05) is 19.7 Å². The number of aromatic nitrogens is 1. The zero-order valence-electron chi connectivity index (χ0n) is 9.38. The normalized spacial score (nSPS) is 19.6. The van der Waals surface area contributed by atoms with Crippen molar-refractivity contribution in [1.29, 1.82) is 0 Å². The van der Waals surface area contributed by atoms with Gasteiger partial charge in [-0.3, -0.25) is 9.78 Å². The van der Waals surface area contributed by atoms with Crippen LogP contribution in [-0.2, 0) is 9.53 Å². The number of carbonyl (C=O) groups excluding carboxylic acids is 1. The van der Waals surface area contributed by atoms with Crippen LogP contribution in [0.1, 0.15) is 10.4 Å². The predicted octanol–water partition coefficient (Wildman–Crippen LogP) is 0.770. The third-order valence-corrected chi connectivity index (χ3v) is 3.26. The lowest BCUT2D eigenvalue weighted by Crippen LogP contribution is -2.48. The van der Waals surface area contributed by atoms with Crippen molar-refractivity contribution in [3.63, 3.8) is 0 Å². The van der Waals surface area contributed by atoms with Crippen LogP contribution >= 0.6 is 15.9 Å². The van der Waals surface area contributed by atoms with Crippen LogP contribution in [0.4, 0.5) is 0 Å². The molecule has 1 aliphatic heterocycles. The molecule has 2 rings (SSSR count). The van der Waals surface area contributed by atoms with Crippen LogP contribution in [0.25, 0.3) is 0 Å². The molecule has 1 N–H and O–H groups in total. The number of carboxylic acids is 1. The van der Waals surface area contributed by atoms with Gasteiger partial charge in [-0.25, -0.2) is 4.79 Å². The molecule has 96 valence electrons. The number of carbonyl (C=O) groups is 2. The zero-order chi connectivity index (χ0) is 13.1. The van der Waals surface area contributed by atoms with Crippen LogP contribution in [0.15, 0.2) is 22.9 Å². The first-order valence-electron chi connectivity index (χ1n) is 5.33. The molecular formula is C11H11BrN2O4. The molecule has 0 aromatic carbocycles. The second-order valence-electron chi connectivity index (χ2n) is 3.80. The van der Waals surface area contributed by atoms with Gasteiger partial charge in [-0.15, -0.1) is 0 Å². The van der Waals surface area contributed by atoms with Crippen molar-refractivity contribution < 1.29 is 19.4 Å². The molecule has 1 amide bonds. The monoisotopic (exact) mass is 314 g/mol. The van der Waals surface area contributed by atoms with Gasteiger partial charge >= 0.3 is 5.97 Å². The number of rotatable bonds is 2. The Labute approximate surface area is 112 Å². The summed E-state index contributed by atoms with van der Waals surface area (Å²) >= 11 is 3.25. The van der Waals surface area contributed by atoms with Gasteiger partial charge in [-0.2, -0.15) is 0 Å². The Kier molecular flexibility index (Phi) is 3.93. The Morgan fingerprint density at radius 2 is 2.33 bits per heavy atom. The molecule has 1 aliphatic rings. The topological polar surface area (TPSA) is 79.7 Å². The largest absolute Gasteiger partial charge is 0.479 e. The van der Waals surface area contributed by atoms with E-state index in [1.165, 1.54) is 17.3 Å². The van der Waals surface area contributed by atoms with Gasteiger partial charge in [0.15, 0.2) is 6.10 Å². The maximum Gasteiger partial charge on any atom is 0.334 e. The van der Waals surface area contributed by atoms with Crippen molar-refractivity contribution >= 4 is 27.8 Å². The van der Waals surface area contributed by atoms with Crippen molar-refractivity contribution in [3.05, 3.63) is 28.5 Å². The van der Waals surface area contributed by atoms with E-state index in [1.54, 1.807) is 6.07 Å². The summed E-state index contributed by atoms with van der Waals surface area (Å²) in [4.78, 5) is 28.4. The van der Waals surface area contributed by atoms with E-state index < -0.39 is 12.1 Å². The standard InChI is InChI=1S/C11H11BrN2O4/c12-8-5-13-2-1-7(8)10(15)14-3-4-18-9(6-14)11(16)17/h1-2,5,9H,3-4,6H2,(H,16,17). The summed E-state index contributed by atoms with van der Waals surface area (Å²) in [6.07, 6.45) is 2.10. The van der Waals surface area contributed by atoms with Crippen molar-refractivity contribution in [2.24, 2.45) is 0 Å². The summed E-state index contributed by atoms with van der Waals surface area (Å²) < 4.78 is 5.66. The lowest BCUT2D eigenvalue weighted by atomic mass is 10.2. The molecule has 0 radical (unpaired) electrons. The highest BCUT2D eigenvalue weighted by molar-refractivity contribution is 9.10. The van der Waals surface area contributed by atoms with Crippen molar-refractivity contribution in [2.45, 2.75) is 6.10 Å². The summed E-state index contributed by atoms with van der Waals surface area (Å²) in [6.45, 7) is 0.672. The molecule has 0 spiro atoms. The molecule has 1 aromatic heterocycles. The van der Waals surface area contributed by atoms with Gasteiger partial charge < -0.3 is 14.7 Å². The Morgan fingerprint density at radius 3 is 3.00 bits per heavy atom. The van der Waals surface area contributed by atoms with Gasteiger partial charge in [-0.05, 0) is 22.0 Å². The number of nitrogens with zero attached hydrogens (tertiary/aromatic N) is 2. The number of pyridine rings is 1. The van der Waals surface area contributed by atoms with Crippen LogP contribution in [0.5, 0.6) is 0 Å². The van der Waals surface area contributed by atoms with E-state index in [4.69, 9.17) is 9.84 Å². The van der Waals surface area contributed by atoms with E-state index in [0.29, 0.717) is 16.6 Å². The van der Waals surface area contributed by atoms with E-state index >= 15 is 0 Å². The van der Waals surface area contributed by atoms with Gasteiger partial charge in [0.1, 0.15) is 0 Å². The second kappa shape index (κ2) is 5.45. The first-order valence-corrected chi connectivity index (χ1v) is 6.12. The molecule has 7 heteroatoms. The van der Waals surface area contributed by atoms with Crippen molar-refractivity contribution in [3.8, 4) is 0 Å². The quantitative estimate of drug-likeness (QED) is 0.872. The highest BCUT2D eigenvalue weighted by atomic mass is 79.9. The molecule has 6 nitrogen and oxygen atoms in total. The fourth-order valence-electron chi connectivity index (χ4n) is 1.70. The molecule has 1 fully saturated rings. The van der Waals surface area contributed by atoms with E-state index in [9.17, 15) is 9.59 Å². The Balaban J connectivity index is 2.14. The number of hydrogen-bond acceptors (Lipinski definition) is 4. The summed E-state index contributed by atoms with van der Waals surface area (Å²) in [5.74, 6) is -1.28. The molecule has 1 atom stereocenters. The van der Waals surface area contributed by atoms with Crippen LogP contribution in [0.3, 0.4) is 0 Å². The molecule has 1 aromatic rings. The maximum absolute atomic E-state index is 12.2. The van der Waals surface area contributed by atoms with Gasteiger partial charge in [0.2, 0.25) is 0 Å². The first kappa shape index (κ1) is 13.0. The molecule has 0 aliphatic carbocycles. The van der Waals surface area contributed by atoms with E-state index in [0.717, 1.165) is 0 Å². The second-order valence-corrected chi connectivity index (χ2v) is 4.66. The summed E-state index contributed by atoms with van der Waals surface area (Å²) in [6, 6.07) is 1.59. The number of amides is 1. The smallest absolute Gasteiger partial charge is 0.334 e. The molecule has 1 saturated heterocycles. The lowest BCUT2D eigenvalue weighted by molar-refractivity contribution is -0.154. The Morgan fingerprint density at radius 1 is 1.56 bits per heavy atom. The Bertz CT molecular complexity index is 480. The number of halogens is 1. The molecule has 0 saturated carbocycles. The number of hydrogen-bond donors (Lipinski definition) is 1. The van der Waals surface area contributed by atoms with Gasteiger partial charge in [0, 0.05) is 23.4 Å². The average Bonchev–Trinajstić information content (AvgIpc) is 2.38. The Hall–Kier alpha value is -1.47. The summed E-state index contributed by atoms with van der Waals surface area (Å²) in [5, 5.41) is 8.88. The molecule has 0 bridgehead atoms. The molecule has 1 unspecified atom stereocenters. The maximum atomic E-state index is 12.2. The fraction of sp³-hybridized carbons (Fsp3) is 0.364. The van der Waals surface area contributed by atoms with Crippen LogP contribution in [0.2, 0.25) is 0 Å². The summed E-state index contributed by atoms with van der Waals surface area (Å²) in [7, 11) is 0. The van der Waals surface area contributed by atoms with Crippen LogP contribution in [-0.4, -0.2) is 52.7 Å². The van der Waals surface area contributed by atoms with Gasteiger partial charge in [0.25, 0.3) is 5.91 Å². The van der Waals surface area contributed by atoms with Crippen molar-refractivity contribution in [1.82, 2.24) is 9.88 Å². The first-order chi connectivity index (χ1) is 8.59. The SMILES string of the molecule is O=C(O)C1CN(C(=O)c2ccncc2Br)CCO1. The minimum atomic E-state index is -1.05. The fourth-order valence-corrected chi connectivity index (χ4v) is 2.12. The number of ether oxygens (including phenoxy) is 1. The summed E-state index contributed by atoms with van der Waals surface area (Å²) in [5.41, 5.74) is 0.469. The highest BCUT2D eigenvalue weighted by Crippen LogP contribution is 2.18. The minimum Gasteiger partial charge on any atom is -0.479 e. The average molecular weight is 315 g/mol. The third-order valence-electron chi connectivity index (χ3n) is 2.63. The minimum absolute atomic E-state index is 0.0585. The number of carboxylic acid groups (broad SMARTS) is 1. The highest BCUT2D eigenvalue weighted by Gasteiger charge is 2.30. The number of aliphatic carboxylic acids is 1. The predicted molar refractivity (Wildman–Crippen MR) is 65.2 cm³/mol. The van der Waals surface area contributed by atoms with E-state index in [2.05, 4.69) is 20.9 Å². The molecule has 2 heterocycles. The number of morpholine rings is 1. The van der Waals surface area contributed by atoms with Crippen LogP contribution < -0.4 is 0 Å². The third kappa shape index (κ3) is 2.68. The molecule has 18 heavy (non-hydrogen) atoms. The lowest BCUT2D eigenvalue weighted by Gasteiger charge is -2.31. The van der Waals surface area contributed by atoms with Crippen LogP contribution in [0, 0.1) is 0 Å². The van der Waals surface area contributed by atoms with Gasteiger partial charge in [-0.1, -0.05) is 0 Å². The van der Waals surface area contributed by atoms with Gasteiger partial charge in [0.05, 0.1) is 18.7 Å². The zero-order valence-corrected chi connectivity index (χ0v) is 11.0. The van der Waals surface area contributed by atoms with E-state index in [1.807, 2.05) is 0 Å². The molecular weight excluding hydrogens is 304 g/mol.